The molecule has 1 aliphatic rings. The first kappa shape index (κ1) is 18.9. The molecule has 0 aromatic heterocycles. The molecule has 0 heterocycles. The lowest BCUT2D eigenvalue weighted by molar-refractivity contribution is -0.116. The Labute approximate surface area is 152 Å². The average Bonchev–Trinajstić information content (AvgIpc) is 2.56. The Morgan fingerprint density at radius 1 is 1.08 bits per heavy atom. The molecule has 0 atom stereocenters. The number of anilines is 1. The van der Waals surface area contributed by atoms with E-state index in [1.165, 1.54) is 19.3 Å². The number of hydrogen-bond acceptors (Lipinski definition) is 2. The molecule has 1 aromatic carbocycles. The minimum Gasteiger partial charge on any atom is -0.338 e. The summed E-state index contributed by atoms with van der Waals surface area (Å²) in [4.78, 5) is 23.6. The Balaban J connectivity index is 1.60. The number of benzene rings is 1. The summed E-state index contributed by atoms with van der Waals surface area (Å²) in [5.74, 6) is -0.122. The number of urea groups is 1. The van der Waals surface area contributed by atoms with Crippen LogP contribution in [-0.4, -0.2) is 24.5 Å². The van der Waals surface area contributed by atoms with Gasteiger partial charge in [0.1, 0.15) is 0 Å². The maximum atomic E-state index is 11.9. The largest absolute Gasteiger partial charge is 0.338 e. The van der Waals surface area contributed by atoms with Gasteiger partial charge in [-0.3, -0.25) is 4.79 Å². The van der Waals surface area contributed by atoms with Crippen LogP contribution in [0.2, 0.25) is 10.0 Å². The van der Waals surface area contributed by atoms with Gasteiger partial charge in [-0.15, -0.1) is 0 Å². The number of nitrogens with one attached hydrogen (secondary N) is 3. The Bertz CT molecular complexity index is 575. The van der Waals surface area contributed by atoms with Crippen LogP contribution in [0, 0.1) is 0 Å². The third-order valence-corrected chi connectivity index (χ3v) is 4.75. The zero-order valence-corrected chi connectivity index (χ0v) is 15.1. The molecule has 3 amide bonds. The van der Waals surface area contributed by atoms with Crippen molar-refractivity contribution in [2.75, 3.05) is 11.9 Å². The topological polar surface area (TPSA) is 70.2 Å². The summed E-state index contributed by atoms with van der Waals surface area (Å²) in [6, 6.07) is 5.08. The van der Waals surface area contributed by atoms with Crippen molar-refractivity contribution < 1.29 is 9.59 Å². The summed E-state index contributed by atoms with van der Waals surface area (Å²) >= 11 is 11.7. The quantitative estimate of drug-likeness (QED) is 0.650. The molecule has 132 valence electrons. The smallest absolute Gasteiger partial charge is 0.315 e. The molecule has 0 unspecified atom stereocenters. The van der Waals surface area contributed by atoms with Crippen LogP contribution in [0.5, 0.6) is 0 Å². The number of rotatable bonds is 6. The molecular weight excluding hydrogens is 349 g/mol. The second-order valence-electron chi connectivity index (χ2n) is 6.02. The van der Waals surface area contributed by atoms with Crippen molar-refractivity contribution in [3.05, 3.63) is 28.2 Å². The van der Waals surface area contributed by atoms with Crippen molar-refractivity contribution in [2.45, 2.75) is 51.0 Å². The summed E-state index contributed by atoms with van der Waals surface area (Å²) in [5, 5.41) is 9.38. The van der Waals surface area contributed by atoms with E-state index in [-0.39, 0.29) is 18.0 Å². The van der Waals surface area contributed by atoms with Gasteiger partial charge in [-0.05, 0) is 37.5 Å². The number of amides is 3. The monoisotopic (exact) mass is 371 g/mol. The second-order valence-corrected chi connectivity index (χ2v) is 6.83. The standard InChI is InChI=1S/C17H23Cl2N3O2/c18-14-9-8-13(11-15(14)19)21-16(23)7-4-10-20-17(24)22-12-5-2-1-3-6-12/h8-9,11-12H,1-7,10H2,(H,21,23)(H2,20,22,24). The maximum Gasteiger partial charge on any atom is 0.315 e. The van der Waals surface area contributed by atoms with Crippen molar-refractivity contribution >= 4 is 40.8 Å². The molecular formula is C17H23Cl2N3O2. The van der Waals surface area contributed by atoms with E-state index in [0.717, 1.165) is 12.8 Å². The minimum atomic E-state index is -0.146. The van der Waals surface area contributed by atoms with Crippen LogP contribution in [-0.2, 0) is 4.79 Å². The van der Waals surface area contributed by atoms with Gasteiger partial charge in [-0.1, -0.05) is 42.5 Å². The molecule has 3 N–H and O–H groups in total. The summed E-state index contributed by atoms with van der Waals surface area (Å²) in [5.41, 5.74) is 0.609. The molecule has 1 fully saturated rings. The molecule has 24 heavy (non-hydrogen) atoms. The average molecular weight is 372 g/mol. The van der Waals surface area contributed by atoms with Gasteiger partial charge in [0.05, 0.1) is 10.0 Å². The van der Waals surface area contributed by atoms with Gasteiger partial charge >= 0.3 is 6.03 Å². The fourth-order valence-corrected chi connectivity index (χ4v) is 3.03. The molecule has 0 radical (unpaired) electrons. The fourth-order valence-electron chi connectivity index (χ4n) is 2.73. The van der Waals surface area contributed by atoms with Gasteiger partial charge in [0.25, 0.3) is 0 Å². The molecule has 1 aromatic rings. The summed E-state index contributed by atoms with van der Waals surface area (Å²) in [6.07, 6.45) is 6.63. The van der Waals surface area contributed by atoms with Gasteiger partial charge in [0.2, 0.25) is 5.91 Å². The van der Waals surface area contributed by atoms with E-state index in [1.54, 1.807) is 18.2 Å². The highest BCUT2D eigenvalue weighted by Crippen LogP contribution is 2.25. The van der Waals surface area contributed by atoms with Crippen LogP contribution >= 0.6 is 23.2 Å². The van der Waals surface area contributed by atoms with E-state index in [1.807, 2.05) is 0 Å². The normalized spacial score (nSPS) is 14.9. The zero-order valence-electron chi connectivity index (χ0n) is 13.5. The lowest BCUT2D eigenvalue weighted by Crippen LogP contribution is -2.43. The highest BCUT2D eigenvalue weighted by atomic mass is 35.5. The van der Waals surface area contributed by atoms with E-state index < -0.39 is 0 Å². The third-order valence-electron chi connectivity index (χ3n) is 4.01. The van der Waals surface area contributed by atoms with Gasteiger partial charge < -0.3 is 16.0 Å². The van der Waals surface area contributed by atoms with Crippen molar-refractivity contribution in [3.63, 3.8) is 0 Å². The molecule has 5 nitrogen and oxygen atoms in total. The lowest BCUT2D eigenvalue weighted by Gasteiger charge is -2.22. The summed E-state index contributed by atoms with van der Waals surface area (Å²) < 4.78 is 0. The summed E-state index contributed by atoms with van der Waals surface area (Å²) in [7, 11) is 0. The Morgan fingerprint density at radius 2 is 1.83 bits per heavy atom. The van der Waals surface area contributed by atoms with Crippen LogP contribution < -0.4 is 16.0 Å². The van der Waals surface area contributed by atoms with E-state index in [9.17, 15) is 9.59 Å². The van der Waals surface area contributed by atoms with Crippen molar-refractivity contribution in [1.29, 1.82) is 0 Å². The zero-order chi connectivity index (χ0) is 17.4. The van der Waals surface area contributed by atoms with Gasteiger partial charge in [-0.2, -0.15) is 0 Å². The van der Waals surface area contributed by atoms with Gasteiger partial charge in [0, 0.05) is 24.7 Å². The van der Waals surface area contributed by atoms with Crippen molar-refractivity contribution in [2.24, 2.45) is 0 Å². The first-order valence-corrected chi connectivity index (χ1v) is 9.09. The molecule has 2 rings (SSSR count). The molecule has 0 saturated heterocycles. The molecule has 1 aliphatic carbocycles. The van der Waals surface area contributed by atoms with Crippen LogP contribution in [0.25, 0.3) is 0 Å². The predicted molar refractivity (Wildman–Crippen MR) is 97.7 cm³/mol. The SMILES string of the molecule is O=C(CCCNC(=O)NC1CCCCC1)Nc1ccc(Cl)c(Cl)c1. The van der Waals surface area contributed by atoms with Crippen molar-refractivity contribution in [3.8, 4) is 0 Å². The predicted octanol–water partition coefficient (Wildman–Crippen LogP) is 4.34. The van der Waals surface area contributed by atoms with Crippen LogP contribution in [0.1, 0.15) is 44.9 Å². The number of carbonyl (C=O) groups excluding carboxylic acids is 2. The molecule has 0 aliphatic heterocycles. The number of carbonyl (C=O) groups is 2. The first-order chi connectivity index (χ1) is 11.5. The minimum absolute atomic E-state index is 0.122. The number of halogens is 2. The maximum absolute atomic E-state index is 11.9. The lowest BCUT2D eigenvalue weighted by atomic mass is 9.96. The molecule has 0 spiro atoms. The van der Waals surface area contributed by atoms with E-state index in [0.29, 0.717) is 35.1 Å². The van der Waals surface area contributed by atoms with E-state index in [2.05, 4.69) is 16.0 Å². The highest BCUT2D eigenvalue weighted by Gasteiger charge is 2.15. The molecule has 0 bridgehead atoms. The summed E-state index contributed by atoms with van der Waals surface area (Å²) in [6.45, 7) is 0.466. The third kappa shape index (κ3) is 6.57. The van der Waals surface area contributed by atoms with Crippen LogP contribution in [0.4, 0.5) is 10.5 Å². The molecule has 7 heteroatoms. The van der Waals surface area contributed by atoms with Crippen molar-refractivity contribution in [1.82, 2.24) is 10.6 Å². The van der Waals surface area contributed by atoms with E-state index >= 15 is 0 Å². The van der Waals surface area contributed by atoms with Crippen LogP contribution in [0.15, 0.2) is 18.2 Å². The first-order valence-electron chi connectivity index (χ1n) is 8.34. The Hall–Kier alpha value is -1.46. The van der Waals surface area contributed by atoms with E-state index in [4.69, 9.17) is 23.2 Å². The Morgan fingerprint density at radius 3 is 2.54 bits per heavy atom. The second kappa shape index (κ2) is 9.74. The Kier molecular flexibility index (Phi) is 7.66. The van der Waals surface area contributed by atoms with Gasteiger partial charge in [-0.25, -0.2) is 4.79 Å². The van der Waals surface area contributed by atoms with Crippen LogP contribution in [0.3, 0.4) is 0 Å². The fraction of sp³-hybridized carbons (Fsp3) is 0.529. The number of hydrogen-bond donors (Lipinski definition) is 3. The molecule has 1 saturated carbocycles. The van der Waals surface area contributed by atoms with Gasteiger partial charge in [0.15, 0.2) is 0 Å². The highest BCUT2D eigenvalue weighted by molar-refractivity contribution is 6.42.